The van der Waals surface area contributed by atoms with Crippen LogP contribution in [0, 0.1) is 20.8 Å². The molecule has 0 N–H and O–H groups in total. The van der Waals surface area contributed by atoms with Crippen molar-refractivity contribution in [2.75, 3.05) is 0 Å². The zero-order valence-electron chi connectivity index (χ0n) is 50.7. The highest BCUT2D eigenvalue weighted by Gasteiger charge is 2.28. The van der Waals surface area contributed by atoms with E-state index in [2.05, 4.69) is 0 Å². The van der Waals surface area contributed by atoms with Crippen molar-refractivity contribution >= 4 is 53.9 Å². The third-order valence-electron chi connectivity index (χ3n) is 12.3. The van der Waals surface area contributed by atoms with Gasteiger partial charge in [0.25, 0.3) is 0 Å². The maximum Gasteiger partial charge on any atom is 0.0636 e. The topological polar surface area (TPSA) is 0 Å². The second kappa shape index (κ2) is 13.4. The van der Waals surface area contributed by atoms with Crippen LogP contribution in [-0.2, 0) is 6.42 Å². The lowest BCUT2D eigenvalue weighted by Gasteiger charge is -2.21. The summed E-state index contributed by atoms with van der Waals surface area (Å²) in [5.74, 6) is 0. The van der Waals surface area contributed by atoms with Gasteiger partial charge >= 0.3 is 0 Å². The molecule has 0 radical (unpaired) electrons. The molecule has 0 aromatic heterocycles. The van der Waals surface area contributed by atoms with Crippen LogP contribution in [0.1, 0.15) is 52.5 Å². The van der Waals surface area contributed by atoms with Crippen molar-refractivity contribution in [1.82, 2.24) is 0 Å². The Morgan fingerprint density at radius 3 is 1.75 bits per heavy atom. The maximum atomic E-state index is 9.73. The Morgan fingerprint density at radius 1 is 0.367 bits per heavy atom. The molecule has 0 saturated heterocycles. The molecule has 0 amide bonds. The van der Waals surface area contributed by atoms with Gasteiger partial charge < -0.3 is 0 Å². The molecule has 11 aromatic carbocycles. The fourth-order valence-electron chi connectivity index (χ4n) is 9.32. The van der Waals surface area contributed by atoms with E-state index in [1.807, 2.05) is 81.4 Å². The Balaban J connectivity index is 1.10. The molecule has 0 atom stereocenters. The first-order valence-electron chi connectivity index (χ1n) is 28.8. The van der Waals surface area contributed by atoms with Crippen LogP contribution in [0.5, 0.6) is 0 Å². The molecule has 0 fully saturated rings. The summed E-state index contributed by atoms with van der Waals surface area (Å²) in [6.07, 6.45) is 0.103. The first kappa shape index (κ1) is 21.1. The fourth-order valence-corrected chi connectivity index (χ4v) is 9.32. The van der Waals surface area contributed by atoms with Crippen molar-refractivity contribution in [3.8, 4) is 55.6 Å². The van der Waals surface area contributed by atoms with Gasteiger partial charge in [-0.2, -0.15) is 0 Å². The number of fused-ring (bicyclic) bond motifs is 8. The number of rotatable bonds is 4. The molecule has 0 saturated carbocycles. The van der Waals surface area contributed by atoms with E-state index in [9.17, 15) is 11.0 Å². The van der Waals surface area contributed by atoms with E-state index in [-0.39, 0.29) is 97.2 Å². The summed E-state index contributed by atoms with van der Waals surface area (Å²) in [6.45, 7) is 5.86. The molecule has 0 aliphatic heterocycles. The lowest BCUT2D eigenvalue weighted by Crippen LogP contribution is -1.99. The molecule has 0 spiro atoms. The molecular weight excluding hydrogens is 721 g/mol. The molecule has 12 rings (SSSR count). The van der Waals surface area contributed by atoms with Gasteiger partial charge in [0.1, 0.15) is 0 Å². The van der Waals surface area contributed by atoms with Crippen molar-refractivity contribution in [3.05, 3.63) is 215 Å². The van der Waals surface area contributed by atoms with Crippen LogP contribution < -0.4 is 0 Å². The first-order valence-corrected chi connectivity index (χ1v) is 19.8. The van der Waals surface area contributed by atoms with Gasteiger partial charge in [0.05, 0.1) is 24.7 Å². The van der Waals surface area contributed by atoms with Crippen LogP contribution in [0.15, 0.2) is 188 Å². The largest absolute Gasteiger partial charge is 0.0636 e. The fraction of sp³-hybridized carbons (Fsp3) is 0.0667. The van der Waals surface area contributed by atoms with Crippen LogP contribution in [-0.4, -0.2) is 0 Å². The highest BCUT2D eigenvalue weighted by Crippen LogP contribution is 2.50. The van der Waals surface area contributed by atoms with Gasteiger partial charge in [0.15, 0.2) is 0 Å². The average Bonchev–Trinajstić information content (AvgIpc) is 3.90. The quantitative estimate of drug-likeness (QED) is 0.156. The molecule has 0 heteroatoms. The molecule has 1 aliphatic rings. The summed E-state index contributed by atoms with van der Waals surface area (Å²) in [5.41, 5.74) is 7.11. The van der Waals surface area contributed by atoms with Crippen molar-refractivity contribution in [3.63, 3.8) is 0 Å². The molecule has 0 unspecified atom stereocenters. The van der Waals surface area contributed by atoms with Crippen molar-refractivity contribution in [1.29, 1.82) is 0 Å². The van der Waals surface area contributed by atoms with Gasteiger partial charge in [-0.3, -0.25) is 0 Å². The minimum atomic E-state index is -0.634. The second-order valence-electron chi connectivity index (χ2n) is 15.4. The van der Waals surface area contributed by atoms with E-state index in [1.165, 1.54) is 0 Å². The summed E-state index contributed by atoms with van der Waals surface area (Å²) >= 11 is 0. The van der Waals surface area contributed by atoms with Crippen molar-refractivity contribution in [2.45, 2.75) is 27.2 Å². The number of hydrogen-bond acceptors (Lipinski definition) is 0. The molecular formula is C60H42. The Bertz CT molecular complexity index is 4570. The number of hydrogen-bond donors (Lipinski definition) is 0. The zero-order valence-corrected chi connectivity index (χ0v) is 32.7. The summed E-state index contributed by atoms with van der Waals surface area (Å²) in [7, 11) is 0. The Labute approximate surface area is 376 Å². The molecule has 11 aromatic rings. The summed E-state index contributed by atoms with van der Waals surface area (Å²) in [6, 6.07) is 15.7. The lowest BCUT2D eigenvalue weighted by molar-refractivity contribution is 1.21. The minimum Gasteiger partial charge on any atom is -0.0616 e. The smallest absolute Gasteiger partial charge is 0.0616 e. The van der Waals surface area contributed by atoms with Crippen LogP contribution in [0.4, 0.5) is 0 Å². The van der Waals surface area contributed by atoms with E-state index in [1.54, 1.807) is 18.2 Å². The van der Waals surface area contributed by atoms with Gasteiger partial charge in [-0.05, 0) is 183 Å². The normalized spacial score (nSPS) is 16.4. The van der Waals surface area contributed by atoms with E-state index in [0.717, 1.165) is 44.2 Å². The Hall–Kier alpha value is -7.28. The minimum absolute atomic E-state index is 0.0894. The van der Waals surface area contributed by atoms with Gasteiger partial charge in [-0.25, -0.2) is 0 Å². The third-order valence-corrected chi connectivity index (χ3v) is 12.3. The highest BCUT2D eigenvalue weighted by molar-refractivity contribution is 6.24. The number of benzene rings is 11. The van der Waals surface area contributed by atoms with Crippen LogP contribution in [0.2, 0.25) is 0 Å². The van der Waals surface area contributed by atoms with E-state index in [4.69, 9.17) is 13.7 Å². The first-order chi connectivity index (χ1) is 37.0. The highest BCUT2D eigenvalue weighted by atomic mass is 14.3. The molecule has 60 heavy (non-hydrogen) atoms. The molecule has 0 bridgehead atoms. The molecule has 0 nitrogen and oxygen atoms in total. The lowest BCUT2D eigenvalue weighted by atomic mass is 9.83. The van der Waals surface area contributed by atoms with E-state index in [0.29, 0.717) is 38.6 Å². The predicted molar refractivity (Wildman–Crippen MR) is 258 cm³/mol. The van der Waals surface area contributed by atoms with Crippen molar-refractivity contribution in [2.24, 2.45) is 0 Å². The second-order valence-corrected chi connectivity index (χ2v) is 15.4. The predicted octanol–water partition coefficient (Wildman–Crippen LogP) is 16.6. The average molecular weight is 781 g/mol. The van der Waals surface area contributed by atoms with E-state index < -0.39 is 72.5 Å². The van der Waals surface area contributed by atoms with Gasteiger partial charge in [-0.1, -0.05) is 169 Å². The van der Waals surface area contributed by atoms with Gasteiger partial charge in [-0.15, -0.1) is 0 Å². The van der Waals surface area contributed by atoms with Gasteiger partial charge in [0.2, 0.25) is 0 Å². The summed E-state index contributed by atoms with van der Waals surface area (Å²) in [5, 5.41) is 2.77. The monoisotopic (exact) mass is 780 g/mol. The standard InChI is InChI=1S/C60H42/c1-36-37(2)57(56-35-48-33-44(27-30-50(48)58(56)38(36)3)43-25-23-39-13-4-6-15-41(39)31-43)46-28-29-49-45(34-46)17-12-22-51(49)60-54-20-10-8-18-52(54)59(53-19-9-11-21-55(53)60)47-26-24-40-14-5-7-16-42(40)32-47/h4-34H,35H2,1-3H3/i4D,6D,8D,9D,10D,11D,13D,15D,18D,19D,20D,21D,23D,25D,27D,30D,31D,33D. The Kier molecular flexibility index (Phi) is 4.71. The van der Waals surface area contributed by atoms with Gasteiger partial charge in [0, 0.05) is 0 Å². The van der Waals surface area contributed by atoms with Crippen LogP contribution in [0.25, 0.3) is 109 Å². The zero-order chi connectivity index (χ0) is 55.7. The van der Waals surface area contributed by atoms with E-state index >= 15 is 0 Å². The molecule has 282 valence electrons. The SMILES string of the molecule is [2H]c1c([2H])c2c(c([2H])c1-c1c([2H])c([2H])c3c([2H])c([2H])c([2H])c([2H])c3c1[2H])Cc1c(-c3ccc4c(-c5c6c([2H])c([2H])c([2H])c([2H])c6c(-c6ccc7ccccc7c6)c6c([2H])c([2H])c([2H])c([2H])c56)cccc4c3)c(C)c(C)c(C)c1-2. The Morgan fingerprint density at radius 2 is 0.967 bits per heavy atom. The third kappa shape index (κ3) is 5.24. The molecule has 1 aliphatic carbocycles. The summed E-state index contributed by atoms with van der Waals surface area (Å²) in [4.78, 5) is 0. The van der Waals surface area contributed by atoms with Crippen LogP contribution in [0.3, 0.4) is 0 Å². The summed E-state index contributed by atoms with van der Waals surface area (Å²) < 4.78 is 164. The van der Waals surface area contributed by atoms with Crippen LogP contribution >= 0.6 is 0 Å². The molecule has 0 heterocycles. The van der Waals surface area contributed by atoms with Crippen molar-refractivity contribution < 1.29 is 24.7 Å². The maximum absolute atomic E-state index is 9.73.